The molecule has 4 aliphatic carbocycles. The van der Waals surface area contributed by atoms with Gasteiger partial charge < -0.3 is 5.32 Å². The minimum atomic E-state index is -2.42. The summed E-state index contributed by atoms with van der Waals surface area (Å²) in [6, 6.07) is 6.66. The third kappa shape index (κ3) is 3.90. The number of alkyl halides is 3. The molecule has 25 heavy (non-hydrogen) atoms. The maximum absolute atomic E-state index is 12.6. The van der Waals surface area contributed by atoms with Gasteiger partial charge in [0, 0.05) is 21.3 Å². The van der Waals surface area contributed by atoms with Gasteiger partial charge in [-0.25, -0.2) is 0 Å². The van der Waals surface area contributed by atoms with Crippen LogP contribution in [0.5, 0.6) is 0 Å². The average molecular weight is 430 g/mol. The molecule has 136 valence electrons. The molecule has 0 aliphatic heterocycles. The number of benzene rings is 1. The molecule has 4 aliphatic rings. The second-order valence-electron chi connectivity index (χ2n) is 8.24. The number of halogens is 3. The summed E-state index contributed by atoms with van der Waals surface area (Å²) < 4.78 is 25.0. The molecule has 1 aromatic rings. The van der Waals surface area contributed by atoms with Gasteiger partial charge in [-0.2, -0.15) is 8.78 Å². The number of hydrogen-bond donors (Lipinski definition) is 1. The Morgan fingerprint density at radius 2 is 1.84 bits per heavy atom. The van der Waals surface area contributed by atoms with E-state index in [0.717, 1.165) is 18.3 Å². The molecule has 4 atom stereocenters. The number of nitrogens with one attached hydrogen (secondary N) is 1. The van der Waals surface area contributed by atoms with Crippen LogP contribution in [0.25, 0.3) is 0 Å². The lowest BCUT2D eigenvalue weighted by molar-refractivity contribution is -0.123. The Hall–Kier alpha value is -0.620. The van der Waals surface area contributed by atoms with Crippen LogP contribution in [-0.4, -0.2) is 16.0 Å². The molecule has 0 aromatic heterocycles. The standard InChI is InChI=1S/C19H22BrF2NOS/c20-19-8-12-5-13(9-19)7-18(6-12,11-19)10-16(24)23-14-1-3-15(4-2-14)25-17(21)22/h1-4,12-13,17H,5-11H2,(H,23,24)/t12-,13+,18?,19?. The molecule has 4 saturated carbocycles. The second-order valence-corrected chi connectivity index (χ2v) is 11.0. The van der Waals surface area contributed by atoms with Crippen molar-refractivity contribution in [3.05, 3.63) is 24.3 Å². The van der Waals surface area contributed by atoms with Crippen molar-refractivity contribution in [3.63, 3.8) is 0 Å². The molecule has 4 fully saturated rings. The van der Waals surface area contributed by atoms with Gasteiger partial charge >= 0.3 is 0 Å². The van der Waals surface area contributed by atoms with Crippen LogP contribution >= 0.6 is 27.7 Å². The molecule has 0 heterocycles. The summed E-state index contributed by atoms with van der Waals surface area (Å²) in [4.78, 5) is 13.1. The fourth-order valence-corrected chi connectivity index (χ4v) is 7.82. The van der Waals surface area contributed by atoms with E-state index in [9.17, 15) is 13.6 Å². The predicted octanol–water partition coefficient (Wildman–Crippen LogP) is 6.06. The highest BCUT2D eigenvalue weighted by molar-refractivity contribution is 9.10. The lowest BCUT2D eigenvalue weighted by atomic mass is 9.48. The molecule has 4 bridgehead atoms. The van der Waals surface area contributed by atoms with Gasteiger partial charge in [0.25, 0.3) is 5.76 Å². The molecule has 0 saturated heterocycles. The molecule has 1 N–H and O–H groups in total. The molecule has 6 heteroatoms. The van der Waals surface area contributed by atoms with Crippen LogP contribution in [0.15, 0.2) is 29.2 Å². The normalized spacial score (nSPS) is 36.0. The van der Waals surface area contributed by atoms with Crippen molar-refractivity contribution in [3.8, 4) is 0 Å². The monoisotopic (exact) mass is 429 g/mol. The van der Waals surface area contributed by atoms with Gasteiger partial charge in [-0.05, 0) is 80.0 Å². The quantitative estimate of drug-likeness (QED) is 0.454. The molecule has 5 rings (SSSR count). The zero-order chi connectivity index (χ0) is 17.7. The summed E-state index contributed by atoms with van der Waals surface area (Å²) in [6.07, 6.45) is 7.87. The Bertz CT molecular complexity index is 652. The first kappa shape index (κ1) is 17.8. The highest BCUT2D eigenvalue weighted by atomic mass is 79.9. The van der Waals surface area contributed by atoms with Gasteiger partial charge in [-0.1, -0.05) is 27.7 Å². The number of hydrogen-bond acceptors (Lipinski definition) is 2. The molecule has 1 amide bonds. The van der Waals surface area contributed by atoms with E-state index in [0.29, 0.717) is 28.8 Å². The van der Waals surface area contributed by atoms with Gasteiger partial charge in [-0.3, -0.25) is 4.79 Å². The first-order valence-corrected chi connectivity index (χ1v) is 10.5. The van der Waals surface area contributed by atoms with E-state index in [-0.39, 0.29) is 15.6 Å². The minimum absolute atomic E-state index is 0.0484. The van der Waals surface area contributed by atoms with Crippen LogP contribution in [0, 0.1) is 17.3 Å². The lowest BCUT2D eigenvalue weighted by Crippen LogP contribution is -2.53. The van der Waals surface area contributed by atoms with Crippen LogP contribution in [-0.2, 0) is 4.79 Å². The summed E-state index contributed by atoms with van der Waals surface area (Å²) in [7, 11) is 0. The van der Waals surface area contributed by atoms with Crippen molar-refractivity contribution in [2.45, 2.75) is 59.9 Å². The number of rotatable bonds is 5. The molecule has 0 spiro atoms. The largest absolute Gasteiger partial charge is 0.326 e. The zero-order valence-electron chi connectivity index (χ0n) is 13.9. The molecule has 1 aromatic carbocycles. The van der Waals surface area contributed by atoms with E-state index < -0.39 is 5.76 Å². The highest BCUT2D eigenvalue weighted by Crippen LogP contribution is 2.65. The van der Waals surface area contributed by atoms with Crippen molar-refractivity contribution in [2.24, 2.45) is 17.3 Å². The lowest BCUT2D eigenvalue weighted by Gasteiger charge is -2.60. The van der Waals surface area contributed by atoms with E-state index in [4.69, 9.17) is 0 Å². The van der Waals surface area contributed by atoms with Crippen LogP contribution in [0.4, 0.5) is 14.5 Å². The zero-order valence-corrected chi connectivity index (χ0v) is 16.3. The number of amides is 1. The van der Waals surface area contributed by atoms with E-state index >= 15 is 0 Å². The highest BCUT2D eigenvalue weighted by Gasteiger charge is 2.57. The Morgan fingerprint density at radius 3 is 2.40 bits per heavy atom. The van der Waals surface area contributed by atoms with Gasteiger partial charge in [0.05, 0.1) is 0 Å². The van der Waals surface area contributed by atoms with E-state index in [1.165, 1.54) is 32.1 Å². The van der Waals surface area contributed by atoms with Crippen LogP contribution in [0.2, 0.25) is 0 Å². The van der Waals surface area contributed by atoms with Gasteiger partial charge in [-0.15, -0.1) is 0 Å². The maximum atomic E-state index is 12.6. The predicted molar refractivity (Wildman–Crippen MR) is 100 cm³/mol. The van der Waals surface area contributed by atoms with Crippen LogP contribution in [0.1, 0.15) is 44.9 Å². The third-order valence-corrected chi connectivity index (χ3v) is 7.66. The van der Waals surface area contributed by atoms with Crippen molar-refractivity contribution in [2.75, 3.05) is 5.32 Å². The fraction of sp³-hybridized carbons (Fsp3) is 0.632. The number of carbonyl (C=O) groups excluding carboxylic acids is 1. The Labute approximate surface area is 159 Å². The van der Waals surface area contributed by atoms with Crippen molar-refractivity contribution >= 4 is 39.3 Å². The molecule has 2 nitrogen and oxygen atoms in total. The Balaban J connectivity index is 1.39. The average Bonchev–Trinajstić information content (AvgIpc) is 2.45. The summed E-state index contributed by atoms with van der Waals surface area (Å²) in [5.74, 6) is -0.849. The van der Waals surface area contributed by atoms with E-state index in [1.807, 2.05) is 0 Å². The third-order valence-electron chi connectivity index (χ3n) is 6.01. The summed E-state index contributed by atoms with van der Waals surface area (Å²) >= 11 is 4.50. The summed E-state index contributed by atoms with van der Waals surface area (Å²) in [6.45, 7) is 0. The number of anilines is 1. The fourth-order valence-electron chi connectivity index (χ4n) is 5.81. The van der Waals surface area contributed by atoms with Crippen LogP contribution in [0.3, 0.4) is 0 Å². The summed E-state index contributed by atoms with van der Waals surface area (Å²) in [5.41, 5.74) is 0.824. The van der Waals surface area contributed by atoms with Crippen LogP contribution < -0.4 is 5.32 Å². The maximum Gasteiger partial charge on any atom is 0.288 e. The number of thioether (sulfide) groups is 1. The van der Waals surface area contributed by atoms with Crippen molar-refractivity contribution in [1.82, 2.24) is 0 Å². The van der Waals surface area contributed by atoms with Crippen molar-refractivity contribution in [1.29, 1.82) is 0 Å². The first-order valence-electron chi connectivity index (χ1n) is 8.87. The summed E-state index contributed by atoms with van der Waals surface area (Å²) in [5, 5.41) is 2.96. The van der Waals surface area contributed by atoms with E-state index in [2.05, 4.69) is 21.2 Å². The second kappa shape index (κ2) is 6.52. The van der Waals surface area contributed by atoms with E-state index in [1.54, 1.807) is 24.3 Å². The Kier molecular flexibility index (Phi) is 4.64. The first-order chi connectivity index (χ1) is 11.8. The minimum Gasteiger partial charge on any atom is -0.326 e. The SMILES string of the molecule is O=C(CC12C[C@@H]3C[C@@H](CC(Br)(C3)C1)C2)Nc1ccc(SC(F)F)cc1. The topological polar surface area (TPSA) is 29.1 Å². The van der Waals surface area contributed by atoms with Crippen molar-refractivity contribution < 1.29 is 13.6 Å². The van der Waals surface area contributed by atoms with Gasteiger partial charge in [0.15, 0.2) is 0 Å². The molecule has 2 unspecified atom stereocenters. The van der Waals surface area contributed by atoms with Gasteiger partial charge in [0.2, 0.25) is 5.91 Å². The molecular formula is C19H22BrF2NOS. The Morgan fingerprint density at radius 1 is 1.20 bits per heavy atom. The number of carbonyl (C=O) groups is 1. The smallest absolute Gasteiger partial charge is 0.288 e. The molecular weight excluding hydrogens is 408 g/mol. The molecule has 0 radical (unpaired) electrons. The van der Waals surface area contributed by atoms with Gasteiger partial charge in [0.1, 0.15) is 0 Å².